The van der Waals surface area contributed by atoms with E-state index in [1.165, 1.54) is 24.6 Å². The third-order valence-corrected chi connectivity index (χ3v) is 7.04. The van der Waals surface area contributed by atoms with Gasteiger partial charge in [0.1, 0.15) is 22.2 Å². The van der Waals surface area contributed by atoms with Crippen LogP contribution in [-0.2, 0) is 14.8 Å². The van der Waals surface area contributed by atoms with E-state index in [2.05, 4.69) is 5.32 Å². The van der Waals surface area contributed by atoms with Crippen molar-refractivity contribution in [3.63, 3.8) is 0 Å². The van der Waals surface area contributed by atoms with Crippen LogP contribution in [0.2, 0.25) is 5.02 Å². The first-order valence-corrected chi connectivity index (χ1v) is 11.1. The highest BCUT2D eigenvalue weighted by molar-refractivity contribution is 7.89. The standard InChI is InChI=1S/C20H22ClFN2O5S/c1-28-17-7-5-14(21)10-16(17)23-20(25)13-4-3-9-24(12-13)30(26,27)19-11-15(22)6-8-18(19)29-2/h5-8,10-11,13H,3-4,9,12H2,1-2H3,(H,23,25). The van der Waals surface area contributed by atoms with E-state index in [-0.39, 0.29) is 29.6 Å². The average molecular weight is 457 g/mol. The van der Waals surface area contributed by atoms with Crippen LogP contribution in [0.4, 0.5) is 10.1 Å². The maximum absolute atomic E-state index is 13.7. The largest absolute Gasteiger partial charge is 0.495 e. The van der Waals surface area contributed by atoms with E-state index in [9.17, 15) is 17.6 Å². The Bertz CT molecular complexity index is 1050. The number of amides is 1. The number of benzene rings is 2. The van der Waals surface area contributed by atoms with Gasteiger partial charge in [0, 0.05) is 18.1 Å². The number of hydrogen-bond acceptors (Lipinski definition) is 5. The molecule has 2 aromatic carbocycles. The predicted molar refractivity (Wildman–Crippen MR) is 111 cm³/mol. The summed E-state index contributed by atoms with van der Waals surface area (Å²) in [6.07, 6.45) is 1.00. The Morgan fingerprint density at radius 1 is 1.17 bits per heavy atom. The Labute approximate surface area is 179 Å². The zero-order chi connectivity index (χ0) is 21.9. The van der Waals surface area contributed by atoms with Crippen LogP contribution in [0.3, 0.4) is 0 Å². The van der Waals surface area contributed by atoms with Crippen molar-refractivity contribution in [2.24, 2.45) is 5.92 Å². The quantitative estimate of drug-likeness (QED) is 0.718. The second kappa shape index (κ2) is 9.20. The summed E-state index contributed by atoms with van der Waals surface area (Å²) in [4.78, 5) is 12.6. The number of halogens is 2. The van der Waals surface area contributed by atoms with Crippen LogP contribution in [0, 0.1) is 11.7 Å². The van der Waals surface area contributed by atoms with Gasteiger partial charge in [0.2, 0.25) is 15.9 Å². The number of carbonyl (C=O) groups is 1. The molecule has 1 heterocycles. The Morgan fingerprint density at radius 3 is 2.57 bits per heavy atom. The van der Waals surface area contributed by atoms with Gasteiger partial charge in [-0.05, 0) is 49.2 Å². The molecule has 1 aliphatic heterocycles. The fourth-order valence-electron chi connectivity index (χ4n) is 3.38. The van der Waals surface area contributed by atoms with E-state index in [1.54, 1.807) is 18.2 Å². The van der Waals surface area contributed by atoms with Crippen molar-refractivity contribution in [3.05, 3.63) is 47.2 Å². The zero-order valence-electron chi connectivity index (χ0n) is 16.5. The summed E-state index contributed by atoms with van der Waals surface area (Å²) in [6, 6.07) is 8.15. The van der Waals surface area contributed by atoms with Crippen molar-refractivity contribution < 1.29 is 27.1 Å². The van der Waals surface area contributed by atoms with Gasteiger partial charge in [0.25, 0.3) is 0 Å². The molecule has 0 spiro atoms. The van der Waals surface area contributed by atoms with Crippen LogP contribution in [0.15, 0.2) is 41.3 Å². The molecule has 1 N–H and O–H groups in total. The number of piperidine rings is 1. The van der Waals surface area contributed by atoms with Gasteiger partial charge >= 0.3 is 0 Å². The number of rotatable bonds is 6. The van der Waals surface area contributed by atoms with E-state index in [4.69, 9.17) is 21.1 Å². The number of hydrogen-bond donors (Lipinski definition) is 1. The first-order chi connectivity index (χ1) is 14.3. The van der Waals surface area contributed by atoms with Gasteiger partial charge in [-0.3, -0.25) is 4.79 Å². The lowest BCUT2D eigenvalue weighted by atomic mass is 9.98. The molecule has 0 aliphatic carbocycles. The van der Waals surface area contributed by atoms with E-state index < -0.39 is 21.8 Å². The summed E-state index contributed by atoms with van der Waals surface area (Å²) < 4.78 is 51.4. The SMILES string of the molecule is COc1ccc(Cl)cc1NC(=O)C1CCCN(S(=O)(=O)c2cc(F)ccc2OC)C1. The second-order valence-corrected chi connectivity index (χ2v) is 9.17. The van der Waals surface area contributed by atoms with E-state index >= 15 is 0 Å². The molecule has 0 aromatic heterocycles. The second-order valence-electron chi connectivity index (χ2n) is 6.83. The van der Waals surface area contributed by atoms with Gasteiger partial charge in [0.05, 0.1) is 25.8 Å². The molecule has 0 radical (unpaired) electrons. The van der Waals surface area contributed by atoms with Crippen LogP contribution >= 0.6 is 11.6 Å². The molecular formula is C20H22ClFN2O5S. The number of sulfonamides is 1. The average Bonchev–Trinajstić information content (AvgIpc) is 2.74. The summed E-state index contributed by atoms with van der Waals surface area (Å²) in [6.45, 7) is 0.197. The Kier molecular flexibility index (Phi) is 6.84. The third-order valence-electron chi connectivity index (χ3n) is 4.92. The van der Waals surface area contributed by atoms with Crippen LogP contribution in [-0.4, -0.2) is 45.9 Å². The summed E-state index contributed by atoms with van der Waals surface area (Å²) in [5.41, 5.74) is 0.404. The molecule has 0 bridgehead atoms. The normalized spacial score (nSPS) is 17.4. The smallest absolute Gasteiger partial charge is 0.246 e. The number of methoxy groups -OCH3 is 2. The maximum Gasteiger partial charge on any atom is 0.246 e. The lowest BCUT2D eigenvalue weighted by Gasteiger charge is -2.31. The fourth-order valence-corrected chi connectivity index (χ4v) is 5.24. The molecule has 1 atom stereocenters. The first-order valence-electron chi connectivity index (χ1n) is 9.24. The van der Waals surface area contributed by atoms with E-state index in [1.807, 2.05) is 0 Å². The van der Waals surface area contributed by atoms with Crippen LogP contribution in [0.1, 0.15) is 12.8 Å². The van der Waals surface area contributed by atoms with Crippen molar-refractivity contribution >= 4 is 33.2 Å². The minimum Gasteiger partial charge on any atom is -0.495 e. The molecule has 1 aliphatic rings. The van der Waals surface area contributed by atoms with Crippen molar-refractivity contribution in [3.8, 4) is 11.5 Å². The third kappa shape index (κ3) is 4.69. The zero-order valence-corrected chi connectivity index (χ0v) is 18.1. The minimum absolute atomic E-state index is 0.0310. The lowest BCUT2D eigenvalue weighted by Crippen LogP contribution is -2.43. The Balaban J connectivity index is 1.81. The highest BCUT2D eigenvalue weighted by Crippen LogP contribution is 2.32. The van der Waals surface area contributed by atoms with Gasteiger partial charge in [-0.25, -0.2) is 12.8 Å². The number of nitrogens with one attached hydrogen (secondary N) is 1. The summed E-state index contributed by atoms with van der Waals surface area (Å²) in [5.74, 6) is -1.13. The van der Waals surface area contributed by atoms with E-state index in [0.717, 1.165) is 12.1 Å². The molecule has 162 valence electrons. The van der Waals surface area contributed by atoms with Crippen molar-refractivity contribution in [2.45, 2.75) is 17.7 Å². The van der Waals surface area contributed by atoms with Gasteiger partial charge in [-0.15, -0.1) is 0 Å². The van der Waals surface area contributed by atoms with E-state index in [0.29, 0.717) is 29.3 Å². The fraction of sp³-hybridized carbons (Fsp3) is 0.350. The highest BCUT2D eigenvalue weighted by atomic mass is 35.5. The molecule has 7 nitrogen and oxygen atoms in total. The predicted octanol–water partition coefficient (Wildman–Crippen LogP) is 3.54. The maximum atomic E-state index is 13.7. The monoisotopic (exact) mass is 456 g/mol. The molecule has 30 heavy (non-hydrogen) atoms. The van der Waals surface area contributed by atoms with Crippen LogP contribution in [0.5, 0.6) is 11.5 Å². The number of carbonyl (C=O) groups excluding carboxylic acids is 1. The highest BCUT2D eigenvalue weighted by Gasteiger charge is 2.35. The topological polar surface area (TPSA) is 84.9 Å². The molecule has 1 amide bonds. The Morgan fingerprint density at radius 2 is 1.87 bits per heavy atom. The van der Waals surface area contributed by atoms with Gasteiger partial charge in [0.15, 0.2) is 0 Å². The Hall–Kier alpha value is -2.36. The molecular weight excluding hydrogens is 435 g/mol. The summed E-state index contributed by atoms with van der Waals surface area (Å²) in [7, 11) is -1.25. The molecule has 1 saturated heterocycles. The number of anilines is 1. The van der Waals surface area contributed by atoms with Crippen molar-refractivity contribution in [2.75, 3.05) is 32.6 Å². The summed E-state index contributed by atoms with van der Waals surface area (Å²) in [5, 5.41) is 3.19. The number of ether oxygens (including phenoxy) is 2. The van der Waals surface area contributed by atoms with Gasteiger partial charge < -0.3 is 14.8 Å². The molecule has 3 rings (SSSR count). The molecule has 1 fully saturated rings. The number of nitrogens with zero attached hydrogens (tertiary/aromatic N) is 1. The van der Waals surface area contributed by atoms with Crippen LogP contribution < -0.4 is 14.8 Å². The van der Waals surface area contributed by atoms with Crippen molar-refractivity contribution in [1.29, 1.82) is 0 Å². The first kappa shape index (κ1) is 22.3. The van der Waals surface area contributed by atoms with Crippen LogP contribution in [0.25, 0.3) is 0 Å². The van der Waals surface area contributed by atoms with Gasteiger partial charge in [-0.2, -0.15) is 4.31 Å². The lowest BCUT2D eigenvalue weighted by molar-refractivity contribution is -0.120. The molecule has 1 unspecified atom stereocenters. The summed E-state index contributed by atoms with van der Waals surface area (Å²) >= 11 is 6.00. The molecule has 10 heteroatoms. The molecule has 2 aromatic rings. The van der Waals surface area contributed by atoms with Gasteiger partial charge in [-0.1, -0.05) is 11.6 Å². The molecule has 0 saturated carbocycles. The van der Waals surface area contributed by atoms with Crippen molar-refractivity contribution in [1.82, 2.24) is 4.31 Å². The minimum atomic E-state index is -4.04.